The van der Waals surface area contributed by atoms with Gasteiger partial charge in [0.05, 0.1) is 0 Å². The van der Waals surface area contributed by atoms with Crippen LogP contribution in [0.2, 0.25) is 0 Å². The molecule has 0 aromatic heterocycles. The molecule has 2 rings (SSSR count). The average Bonchev–Trinajstić information content (AvgIpc) is 2.98. The zero-order valence-corrected chi connectivity index (χ0v) is 15.6. The van der Waals surface area contributed by atoms with Crippen molar-refractivity contribution < 1.29 is 0 Å². The predicted molar refractivity (Wildman–Crippen MR) is 99.0 cm³/mol. The van der Waals surface area contributed by atoms with E-state index in [0.717, 1.165) is 32.1 Å². The Hall–Kier alpha value is -0.420. The van der Waals surface area contributed by atoms with Crippen molar-refractivity contribution in [1.82, 2.24) is 15.1 Å². The van der Waals surface area contributed by atoms with Crippen molar-refractivity contribution in [2.45, 2.75) is 51.2 Å². The first kappa shape index (κ1) is 17.9. The summed E-state index contributed by atoms with van der Waals surface area (Å²) in [5.41, 5.74) is 0. The van der Waals surface area contributed by atoms with Crippen LogP contribution >= 0.6 is 11.8 Å². The topological polar surface area (TPSA) is 30.9 Å². The fourth-order valence-corrected chi connectivity index (χ4v) is 4.37. The molecule has 2 fully saturated rings. The fraction of sp³-hybridized carbons (Fsp3) is 0.941. The lowest BCUT2D eigenvalue weighted by Gasteiger charge is -2.39. The predicted octanol–water partition coefficient (Wildman–Crippen LogP) is 2.66. The monoisotopic (exact) mass is 326 g/mol. The quantitative estimate of drug-likeness (QED) is 0.462. The number of nitrogens with one attached hydrogen (secondary N) is 1. The zero-order chi connectivity index (χ0) is 15.8. The van der Waals surface area contributed by atoms with Gasteiger partial charge in [0.1, 0.15) is 0 Å². The fourth-order valence-electron chi connectivity index (χ4n) is 3.26. The van der Waals surface area contributed by atoms with Crippen molar-refractivity contribution in [3.8, 4) is 0 Å². The lowest BCUT2D eigenvalue weighted by Crippen LogP contribution is -2.51. The number of guanidine groups is 1. The van der Waals surface area contributed by atoms with E-state index in [9.17, 15) is 0 Å². The SMILES string of the molecule is CCNC(=NCCCCN1CCCC1)N1CCSC(C)(C)C1. The van der Waals surface area contributed by atoms with Crippen LogP contribution < -0.4 is 5.32 Å². The molecular weight excluding hydrogens is 292 g/mol. The molecule has 0 unspecified atom stereocenters. The van der Waals surface area contributed by atoms with Crippen molar-refractivity contribution in [2.24, 2.45) is 4.99 Å². The Labute approximate surface area is 141 Å². The largest absolute Gasteiger partial charge is 0.357 e. The maximum atomic E-state index is 4.87. The van der Waals surface area contributed by atoms with Crippen LogP contribution in [0.1, 0.15) is 46.5 Å². The maximum Gasteiger partial charge on any atom is 0.193 e. The summed E-state index contributed by atoms with van der Waals surface area (Å²) in [5.74, 6) is 2.32. The third-order valence-corrected chi connectivity index (χ3v) is 5.70. The first-order chi connectivity index (χ1) is 10.6. The maximum absolute atomic E-state index is 4.87. The van der Waals surface area contributed by atoms with Crippen LogP contribution in [0, 0.1) is 0 Å². The highest BCUT2D eigenvalue weighted by atomic mass is 32.2. The van der Waals surface area contributed by atoms with E-state index in [1.54, 1.807) is 0 Å². The molecule has 2 saturated heterocycles. The Kier molecular flexibility index (Phi) is 7.35. The molecule has 0 aliphatic carbocycles. The molecule has 0 bridgehead atoms. The summed E-state index contributed by atoms with van der Waals surface area (Å²) >= 11 is 2.08. The molecule has 0 radical (unpaired) electrons. The molecule has 128 valence electrons. The number of nitrogens with zero attached hydrogens (tertiary/aromatic N) is 3. The normalized spacial score (nSPS) is 23.0. The molecule has 22 heavy (non-hydrogen) atoms. The van der Waals surface area contributed by atoms with E-state index >= 15 is 0 Å². The van der Waals surface area contributed by atoms with Crippen molar-refractivity contribution in [3.63, 3.8) is 0 Å². The van der Waals surface area contributed by atoms with E-state index in [1.807, 2.05) is 0 Å². The van der Waals surface area contributed by atoms with Gasteiger partial charge in [-0.15, -0.1) is 0 Å². The van der Waals surface area contributed by atoms with Crippen LogP contribution in [0.25, 0.3) is 0 Å². The molecule has 2 aliphatic rings. The molecule has 2 aliphatic heterocycles. The van der Waals surface area contributed by atoms with Gasteiger partial charge in [0.25, 0.3) is 0 Å². The summed E-state index contributed by atoms with van der Waals surface area (Å²) in [5, 5.41) is 3.48. The van der Waals surface area contributed by atoms with Gasteiger partial charge in [-0.2, -0.15) is 11.8 Å². The third kappa shape index (κ3) is 5.99. The van der Waals surface area contributed by atoms with Crippen LogP contribution in [-0.2, 0) is 0 Å². The molecule has 0 amide bonds. The molecule has 5 heteroatoms. The summed E-state index contributed by atoms with van der Waals surface area (Å²) in [6.07, 6.45) is 5.28. The number of rotatable bonds is 6. The summed E-state index contributed by atoms with van der Waals surface area (Å²) in [6.45, 7) is 14.8. The van der Waals surface area contributed by atoms with Crippen molar-refractivity contribution in [2.75, 3.05) is 51.6 Å². The van der Waals surface area contributed by atoms with Gasteiger partial charge in [-0.25, -0.2) is 0 Å². The smallest absolute Gasteiger partial charge is 0.193 e. The summed E-state index contributed by atoms with van der Waals surface area (Å²) in [6, 6.07) is 0. The highest BCUT2D eigenvalue weighted by molar-refractivity contribution is 8.00. The number of hydrogen-bond donors (Lipinski definition) is 1. The Balaban J connectivity index is 1.74. The molecule has 0 aromatic rings. The standard InChI is InChI=1S/C17H34N4S/c1-4-18-16(21-13-14-22-17(2,3)15-21)19-9-5-6-10-20-11-7-8-12-20/h4-15H2,1-3H3,(H,18,19). The number of hydrogen-bond acceptors (Lipinski definition) is 3. The van der Waals surface area contributed by atoms with Gasteiger partial charge < -0.3 is 15.1 Å². The third-order valence-electron chi connectivity index (χ3n) is 4.40. The van der Waals surface area contributed by atoms with Crippen LogP contribution in [0.4, 0.5) is 0 Å². The summed E-state index contributed by atoms with van der Waals surface area (Å²) in [4.78, 5) is 9.91. The highest BCUT2D eigenvalue weighted by Gasteiger charge is 2.28. The molecule has 0 aromatic carbocycles. The second kappa shape index (κ2) is 9.02. The lowest BCUT2D eigenvalue weighted by molar-refractivity contribution is 0.330. The molecular formula is C17H34N4S. The van der Waals surface area contributed by atoms with E-state index in [1.165, 1.54) is 51.1 Å². The zero-order valence-electron chi connectivity index (χ0n) is 14.7. The van der Waals surface area contributed by atoms with Gasteiger partial charge in [-0.1, -0.05) is 0 Å². The Bertz CT molecular complexity index is 351. The summed E-state index contributed by atoms with van der Waals surface area (Å²) in [7, 11) is 0. The van der Waals surface area contributed by atoms with E-state index in [0.29, 0.717) is 4.75 Å². The number of unbranched alkanes of at least 4 members (excludes halogenated alkanes) is 1. The molecule has 2 heterocycles. The Morgan fingerprint density at radius 3 is 2.64 bits per heavy atom. The minimum atomic E-state index is 0.337. The average molecular weight is 327 g/mol. The Morgan fingerprint density at radius 2 is 1.95 bits per heavy atom. The van der Waals surface area contributed by atoms with Crippen molar-refractivity contribution in [1.29, 1.82) is 0 Å². The van der Waals surface area contributed by atoms with E-state index in [2.05, 4.69) is 47.6 Å². The van der Waals surface area contributed by atoms with Gasteiger partial charge in [0.15, 0.2) is 5.96 Å². The van der Waals surface area contributed by atoms with Crippen molar-refractivity contribution >= 4 is 17.7 Å². The second-order valence-electron chi connectivity index (χ2n) is 7.02. The first-order valence-corrected chi connectivity index (χ1v) is 9.99. The van der Waals surface area contributed by atoms with Gasteiger partial charge in [-0.05, 0) is 66.1 Å². The van der Waals surface area contributed by atoms with E-state index < -0.39 is 0 Å². The van der Waals surface area contributed by atoms with Gasteiger partial charge in [0, 0.05) is 36.7 Å². The van der Waals surface area contributed by atoms with E-state index in [4.69, 9.17) is 4.99 Å². The van der Waals surface area contributed by atoms with Crippen molar-refractivity contribution in [3.05, 3.63) is 0 Å². The van der Waals surface area contributed by atoms with Crippen LogP contribution in [0.3, 0.4) is 0 Å². The van der Waals surface area contributed by atoms with Gasteiger partial charge in [0.2, 0.25) is 0 Å². The molecule has 0 spiro atoms. The minimum Gasteiger partial charge on any atom is -0.357 e. The first-order valence-electron chi connectivity index (χ1n) is 9.00. The molecule has 1 N–H and O–H groups in total. The van der Waals surface area contributed by atoms with Crippen LogP contribution in [-0.4, -0.2) is 72.1 Å². The number of thioether (sulfide) groups is 1. The van der Waals surface area contributed by atoms with Gasteiger partial charge >= 0.3 is 0 Å². The highest BCUT2D eigenvalue weighted by Crippen LogP contribution is 2.29. The minimum absolute atomic E-state index is 0.337. The second-order valence-corrected chi connectivity index (χ2v) is 8.82. The number of aliphatic imine (C=N–C) groups is 1. The van der Waals surface area contributed by atoms with Crippen LogP contribution in [0.5, 0.6) is 0 Å². The van der Waals surface area contributed by atoms with Gasteiger partial charge in [-0.3, -0.25) is 4.99 Å². The lowest BCUT2D eigenvalue weighted by atomic mass is 10.2. The van der Waals surface area contributed by atoms with Crippen LogP contribution in [0.15, 0.2) is 4.99 Å². The summed E-state index contributed by atoms with van der Waals surface area (Å²) < 4.78 is 0.337. The van der Waals surface area contributed by atoms with E-state index in [-0.39, 0.29) is 0 Å². The molecule has 0 saturated carbocycles. The molecule has 4 nitrogen and oxygen atoms in total. The number of likely N-dealkylation sites (tertiary alicyclic amines) is 1. The Morgan fingerprint density at radius 1 is 1.18 bits per heavy atom. The molecule has 0 atom stereocenters.